The molecule has 1 aromatic heterocycles. The van der Waals surface area contributed by atoms with E-state index in [9.17, 15) is 14.4 Å². The van der Waals surface area contributed by atoms with Gasteiger partial charge in [-0.3, -0.25) is 14.4 Å². The molecule has 1 unspecified atom stereocenters. The number of carbonyl (C=O) groups excluding carboxylic acids is 1. The van der Waals surface area contributed by atoms with Crippen molar-refractivity contribution in [2.45, 2.75) is 12.8 Å². The highest BCUT2D eigenvalue weighted by Crippen LogP contribution is 2.18. The van der Waals surface area contributed by atoms with Crippen LogP contribution in [0.25, 0.3) is 0 Å². The van der Waals surface area contributed by atoms with Gasteiger partial charge in [0, 0.05) is 26.2 Å². The fourth-order valence-electron chi connectivity index (χ4n) is 2.30. The van der Waals surface area contributed by atoms with E-state index in [1.54, 1.807) is 6.07 Å². The maximum absolute atomic E-state index is 12.3. The molecule has 1 aliphatic heterocycles. The van der Waals surface area contributed by atoms with Gasteiger partial charge >= 0.3 is 5.97 Å². The van der Waals surface area contributed by atoms with Crippen LogP contribution in [0.2, 0.25) is 0 Å². The van der Waals surface area contributed by atoms with Gasteiger partial charge in [0.25, 0.3) is 11.5 Å². The number of pyridine rings is 1. The molecule has 1 saturated heterocycles. The molecule has 0 aliphatic carbocycles. The van der Waals surface area contributed by atoms with Gasteiger partial charge in [0.15, 0.2) is 0 Å². The molecule has 0 spiro atoms. The number of hydrogen-bond acceptors (Lipinski definition) is 3. The van der Waals surface area contributed by atoms with Gasteiger partial charge in [0.05, 0.1) is 5.92 Å². The van der Waals surface area contributed by atoms with Gasteiger partial charge in [0.1, 0.15) is 5.69 Å². The van der Waals surface area contributed by atoms with E-state index in [0.29, 0.717) is 25.1 Å². The van der Waals surface area contributed by atoms with Crippen molar-refractivity contribution in [1.82, 2.24) is 9.47 Å². The molecule has 19 heavy (non-hydrogen) atoms. The van der Waals surface area contributed by atoms with E-state index in [-0.39, 0.29) is 18.0 Å². The van der Waals surface area contributed by atoms with E-state index in [1.807, 2.05) is 0 Å². The molecule has 1 atom stereocenters. The Kier molecular flexibility index (Phi) is 3.69. The van der Waals surface area contributed by atoms with Gasteiger partial charge in [-0.2, -0.15) is 0 Å². The summed E-state index contributed by atoms with van der Waals surface area (Å²) >= 11 is 0. The Hall–Kier alpha value is -2.11. The number of likely N-dealkylation sites (tertiary alicyclic amines) is 1. The van der Waals surface area contributed by atoms with Crippen molar-refractivity contribution in [3.8, 4) is 0 Å². The van der Waals surface area contributed by atoms with Crippen LogP contribution in [0, 0.1) is 5.92 Å². The summed E-state index contributed by atoms with van der Waals surface area (Å²) in [4.78, 5) is 36.3. The van der Waals surface area contributed by atoms with Crippen molar-refractivity contribution < 1.29 is 14.7 Å². The SMILES string of the molecule is Cn1c(C(=O)N2CCCC(C(=O)O)C2)cccc1=O. The molecule has 6 nitrogen and oxygen atoms in total. The summed E-state index contributed by atoms with van der Waals surface area (Å²) in [6.07, 6.45) is 1.26. The molecule has 2 rings (SSSR count). The third kappa shape index (κ3) is 2.67. The minimum Gasteiger partial charge on any atom is -0.481 e. The Bertz CT molecular complexity index is 564. The molecule has 0 aromatic carbocycles. The lowest BCUT2D eigenvalue weighted by Crippen LogP contribution is -2.43. The molecule has 0 saturated carbocycles. The predicted molar refractivity (Wildman–Crippen MR) is 67.9 cm³/mol. The second-order valence-corrected chi connectivity index (χ2v) is 4.74. The van der Waals surface area contributed by atoms with Crippen molar-refractivity contribution in [2.75, 3.05) is 13.1 Å². The second-order valence-electron chi connectivity index (χ2n) is 4.74. The van der Waals surface area contributed by atoms with Crippen molar-refractivity contribution in [1.29, 1.82) is 0 Å². The van der Waals surface area contributed by atoms with Gasteiger partial charge in [-0.05, 0) is 18.9 Å². The minimum absolute atomic E-state index is 0.206. The van der Waals surface area contributed by atoms with Crippen LogP contribution in [-0.4, -0.2) is 39.5 Å². The van der Waals surface area contributed by atoms with E-state index >= 15 is 0 Å². The van der Waals surface area contributed by atoms with Crippen LogP contribution < -0.4 is 5.56 Å². The molecule has 1 N–H and O–H groups in total. The topological polar surface area (TPSA) is 79.6 Å². The van der Waals surface area contributed by atoms with Crippen molar-refractivity contribution in [3.63, 3.8) is 0 Å². The number of amides is 1. The highest BCUT2D eigenvalue weighted by atomic mass is 16.4. The van der Waals surface area contributed by atoms with Crippen LogP contribution in [0.15, 0.2) is 23.0 Å². The monoisotopic (exact) mass is 264 g/mol. The van der Waals surface area contributed by atoms with Gasteiger partial charge in [-0.1, -0.05) is 6.07 Å². The van der Waals surface area contributed by atoms with Crippen LogP contribution in [-0.2, 0) is 11.8 Å². The Labute approximate surface area is 110 Å². The molecule has 6 heteroatoms. The molecule has 2 heterocycles. The van der Waals surface area contributed by atoms with E-state index in [2.05, 4.69) is 0 Å². The number of aromatic nitrogens is 1. The first kappa shape index (κ1) is 13.3. The zero-order chi connectivity index (χ0) is 14.0. The maximum atomic E-state index is 12.3. The normalized spacial score (nSPS) is 19.2. The summed E-state index contributed by atoms with van der Waals surface area (Å²) in [5.74, 6) is -1.68. The fourth-order valence-corrected chi connectivity index (χ4v) is 2.30. The van der Waals surface area contributed by atoms with Gasteiger partial charge in [0.2, 0.25) is 0 Å². The van der Waals surface area contributed by atoms with Gasteiger partial charge in [-0.15, -0.1) is 0 Å². The number of carboxylic acids is 1. The lowest BCUT2D eigenvalue weighted by atomic mass is 9.98. The van der Waals surface area contributed by atoms with E-state index in [4.69, 9.17) is 5.11 Å². The van der Waals surface area contributed by atoms with E-state index in [0.717, 1.165) is 0 Å². The highest BCUT2D eigenvalue weighted by molar-refractivity contribution is 5.93. The number of aliphatic carboxylic acids is 1. The third-order valence-corrected chi connectivity index (χ3v) is 3.46. The Morgan fingerprint density at radius 2 is 2.11 bits per heavy atom. The number of nitrogens with zero attached hydrogens (tertiary/aromatic N) is 2. The maximum Gasteiger partial charge on any atom is 0.308 e. The molecule has 1 fully saturated rings. The summed E-state index contributed by atoms with van der Waals surface area (Å²) in [7, 11) is 1.54. The Balaban J connectivity index is 2.22. The minimum atomic E-state index is -0.876. The molecule has 1 amide bonds. The lowest BCUT2D eigenvalue weighted by molar-refractivity contribution is -0.143. The molecule has 1 aliphatic rings. The number of rotatable bonds is 2. The zero-order valence-electron chi connectivity index (χ0n) is 10.7. The summed E-state index contributed by atoms with van der Waals surface area (Å²) in [5.41, 5.74) is 0.0381. The Morgan fingerprint density at radius 3 is 2.79 bits per heavy atom. The highest BCUT2D eigenvalue weighted by Gasteiger charge is 2.29. The van der Waals surface area contributed by atoms with Crippen LogP contribution in [0.5, 0.6) is 0 Å². The quantitative estimate of drug-likeness (QED) is 0.834. The van der Waals surface area contributed by atoms with Crippen LogP contribution in [0.3, 0.4) is 0 Å². The molecular formula is C13H16N2O4. The molecular weight excluding hydrogens is 248 g/mol. The number of carboxylic acid groups (broad SMARTS) is 1. The predicted octanol–water partition coefficient (Wildman–Crippen LogP) is 0.322. The molecule has 0 radical (unpaired) electrons. The van der Waals surface area contributed by atoms with Crippen LogP contribution in [0.1, 0.15) is 23.3 Å². The Morgan fingerprint density at radius 1 is 1.37 bits per heavy atom. The first-order chi connectivity index (χ1) is 9.00. The fraction of sp³-hybridized carbons (Fsp3) is 0.462. The molecule has 1 aromatic rings. The number of piperidine rings is 1. The van der Waals surface area contributed by atoms with Crippen molar-refractivity contribution in [3.05, 3.63) is 34.2 Å². The summed E-state index contributed by atoms with van der Waals surface area (Å²) in [5, 5.41) is 9.01. The molecule has 102 valence electrons. The zero-order valence-corrected chi connectivity index (χ0v) is 10.7. The lowest BCUT2D eigenvalue weighted by Gasteiger charge is -2.31. The van der Waals surface area contributed by atoms with Gasteiger partial charge in [-0.25, -0.2) is 0 Å². The van der Waals surface area contributed by atoms with Crippen LogP contribution in [0.4, 0.5) is 0 Å². The smallest absolute Gasteiger partial charge is 0.308 e. The third-order valence-electron chi connectivity index (χ3n) is 3.46. The number of carbonyl (C=O) groups is 2. The first-order valence-electron chi connectivity index (χ1n) is 6.19. The van der Waals surface area contributed by atoms with Gasteiger partial charge < -0.3 is 14.6 Å². The summed E-state index contributed by atoms with van der Waals surface area (Å²) < 4.78 is 1.28. The largest absolute Gasteiger partial charge is 0.481 e. The summed E-state index contributed by atoms with van der Waals surface area (Å²) in [6, 6.07) is 4.50. The summed E-state index contributed by atoms with van der Waals surface area (Å²) in [6.45, 7) is 0.739. The second kappa shape index (κ2) is 5.26. The van der Waals surface area contributed by atoms with E-state index in [1.165, 1.54) is 28.6 Å². The van der Waals surface area contributed by atoms with Crippen molar-refractivity contribution in [2.24, 2.45) is 13.0 Å². The van der Waals surface area contributed by atoms with Crippen molar-refractivity contribution >= 4 is 11.9 Å². The number of hydrogen-bond donors (Lipinski definition) is 1. The molecule has 0 bridgehead atoms. The standard InChI is InChI=1S/C13H16N2O4/c1-14-10(5-2-6-11(14)16)12(17)15-7-3-4-9(8-15)13(18)19/h2,5-6,9H,3-4,7-8H2,1H3,(H,18,19). The average molecular weight is 264 g/mol. The van der Waals surface area contributed by atoms with Crippen LogP contribution >= 0.6 is 0 Å². The van der Waals surface area contributed by atoms with E-state index < -0.39 is 11.9 Å². The average Bonchev–Trinajstić information content (AvgIpc) is 2.41. The first-order valence-corrected chi connectivity index (χ1v) is 6.19.